The number of hydrogen-bond donors (Lipinski definition) is 3. The summed E-state index contributed by atoms with van der Waals surface area (Å²) in [6.45, 7) is 0.801. The Bertz CT molecular complexity index is 1060. The topological polar surface area (TPSA) is 96.7 Å². The smallest absolute Gasteiger partial charge is 0.269 e. The molecule has 124 valence electrons. The molecule has 4 rings (SSSR count). The summed E-state index contributed by atoms with van der Waals surface area (Å²) in [6.07, 6.45) is 3.43. The van der Waals surface area contributed by atoms with Crippen LogP contribution in [0.5, 0.6) is 0 Å². The van der Waals surface area contributed by atoms with Gasteiger partial charge in [-0.2, -0.15) is 0 Å². The van der Waals surface area contributed by atoms with Gasteiger partial charge in [-0.05, 0) is 24.3 Å². The average molecular weight is 331 g/mol. The number of carbonyl (C=O) groups excluding carboxylic acids is 1. The van der Waals surface area contributed by atoms with Crippen LogP contribution in [0.3, 0.4) is 0 Å². The van der Waals surface area contributed by atoms with Crippen molar-refractivity contribution < 1.29 is 4.79 Å². The number of amides is 1. The molecule has 0 radical (unpaired) electrons. The summed E-state index contributed by atoms with van der Waals surface area (Å²) in [6, 6.07) is 13.6. The molecule has 0 atom stereocenters. The van der Waals surface area contributed by atoms with E-state index < -0.39 is 0 Å². The largest absolute Gasteiger partial charge is 0.353 e. The zero-order valence-corrected chi connectivity index (χ0v) is 13.5. The van der Waals surface area contributed by atoms with Gasteiger partial charge in [-0.15, -0.1) is 0 Å². The van der Waals surface area contributed by atoms with E-state index in [2.05, 4.69) is 20.3 Å². The highest BCUT2D eigenvalue weighted by molar-refractivity contribution is 6.13. The van der Waals surface area contributed by atoms with Crippen molar-refractivity contribution in [3.8, 4) is 11.3 Å². The van der Waals surface area contributed by atoms with Gasteiger partial charge in [0, 0.05) is 47.3 Å². The molecule has 0 aliphatic heterocycles. The minimum absolute atomic E-state index is 0.229. The maximum atomic E-state index is 12.4. The number of aromatic amines is 1. The van der Waals surface area contributed by atoms with Crippen LogP contribution in [0.15, 0.2) is 54.9 Å². The molecular formula is C19H17N5O. The molecule has 6 nitrogen and oxygen atoms in total. The van der Waals surface area contributed by atoms with E-state index in [1.807, 2.05) is 42.5 Å². The first-order chi connectivity index (χ1) is 12.3. The number of para-hydroxylation sites is 1. The highest BCUT2D eigenvalue weighted by atomic mass is 16.1. The Morgan fingerprint density at radius 2 is 1.92 bits per heavy atom. The van der Waals surface area contributed by atoms with E-state index in [9.17, 15) is 4.79 Å². The highest BCUT2D eigenvalue weighted by Gasteiger charge is 2.16. The molecule has 3 aromatic heterocycles. The van der Waals surface area contributed by atoms with Crippen LogP contribution in [0, 0.1) is 0 Å². The van der Waals surface area contributed by atoms with Crippen LogP contribution in [0.2, 0.25) is 0 Å². The number of pyridine rings is 2. The first kappa shape index (κ1) is 15.3. The van der Waals surface area contributed by atoms with E-state index in [0.717, 1.165) is 33.1 Å². The third-order valence-electron chi connectivity index (χ3n) is 4.11. The van der Waals surface area contributed by atoms with Crippen molar-refractivity contribution in [1.29, 1.82) is 0 Å². The van der Waals surface area contributed by atoms with E-state index in [4.69, 9.17) is 5.73 Å². The minimum atomic E-state index is -0.229. The molecule has 6 heteroatoms. The monoisotopic (exact) mass is 331 g/mol. The molecule has 0 aliphatic carbocycles. The Morgan fingerprint density at radius 1 is 1.12 bits per heavy atom. The molecular weight excluding hydrogens is 314 g/mol. The zero-order valence-electron chi connectivity index (χ0n) is 13.5. The minimum Gasteiger partial charge on any atom is -0.353 e. The van der Waals surface area contributed by atoms with Gasteiger partial charge in [0.1, 0.15) is 5.69 Å². The number of rotatable bonds is 4. The van der Waals surface area contributed by atoms with Crippen LogP contribution in [0.1, 0.15) is 10.5 Å². The first-order valence-corrected chi connectivity index (χ1v) is 8.08. The van der Waals surface area contributed by atoms with Crippen LogP contribution >= 0.6 is 0 Å². The lowest BCUT2D eigenvalue weighted by Gasteiger charge is -2.08. The summed E-state index contributed by atoms with van der Waals surface area (Å²) in [5.74, 6) is -0.229. The van der Waals surface area contributed by atoms with Crippen LogP contribution in [-0.4, -0.2) is 33.9 Å². The predicted molar refractivity (Wildman–Crippen MR) is 98.2 cm³/mol. The number of benzene rings is 1. The third kappa shape index (κ3) is 2.72. The number of fused-ring (bicyclic) bond motifs is 3. The molecule has 0 saturated carbocycles. The Balaban J connectivity index is 1.99. The fraction of sp³-hybridized carbons (Fsp3) is 0.105. The number of aromatic nitrogens is 3. The lowest BCUT2D eigenvalue weighted by molar-refractivity contribution is 0.0950. The van der Waals surface area contributed by atoms with Gasteiger partial charge in [0.2, 0.25) is 0 Å². The van der Waals surface area contributed by atoms with E-state index in [1.165, 1.54) is 0 Å². The summed E-state index contributed by atoms with van der Waals surface area (Å²) in [7, 11) is 0. The second kappa shape index (κ2) is 6.33. The number of carbonyl (C=O) groups is 1. The average Bonchev–Trinajstić information content (AvgIpc) is 3.04. The van der Waals surface area contributed by atoms with Gasteiger partial charge in [-0.25, -0.2) is 4.98 Å². The second-order valence-electron chi connectivity index (χ2n) is 5.73. The van der Waals surface area contributed by atoms with Crippen molar-refractivity contribution in [2.75, 3.05) is 13.1 Å². The van der Waals surface area contributed by atoms with Gasteiger partial charge in [-0.3, -0.25) is 9.78 Å². The molecule has 0 aliphatic rings. The second-order valence-corrected chi connectivity index (χ2v) is 5.73. The molecule has 0 spiro atoms. The SMILES string of the molecule is NCCNC(=O)c1cc2c([nH]c3ccccc32)c(-c2ccncc2)n1. The quantitative estimate of drug-likeness (QED) is 0.535. The Kier molecular flexibility index (Phi) is 3.87. The molecule has 1 aromatic carbocycles. The fourth-order valence-corrected chi connectivity index (χ4v) is 2.96. The summed E-state index contributed by atoms with van der Waals surface area (Å²) >= 11 is 0. The molecule has 0 saturated heterocycles. The lowest BCUT2D eigenvalue weighted by atomic mass is 10.1. The summed E-state index contributed by atoms with van der Waals surface area (Å²) in [4.78, 5) is 24.5. The molecule has 0 unspecified atom stereocenters. The van der Waals surface area contributed by atoms with Gasteiger partial charge < -0.3 is 16.0 Å². The Hall–Kier alpha value is -3.25. The number of nitrogens with one attached hydrogen (secondary N) is 2. The van der Waals surface area contributed by atoms with E-state index in [1.54, 1.807) is 12.4 Å². The van der Waals surface area contributed by atoms with Crippen molar-refractivity contribution in [3.63, 3.8) is 0 Å². The van der Waals surface area contributed by atoms with Crippen molar-refractivity contribution in [1.82, 2.24) is 20.3 Å². The lowest BCUT2D eigenvalue weighted by Crippen LogP contribution is -2.29. The van der Waals surface area contributed by atoms with Crippen molar-refractivity contribution >= 4 is 27.7 Å². The summed E-state index contributed by atoms with van der Waals surface area (Å²) < 4.78 is 0. The number of H-pyrrole nitrogens is 1. The van der Waals surface area contributed by atoms with E-state index >= 15 is 0 Å². The van der Waals surface area contributed by atoms with Crippen LogP contribution in [0.4, 0.5) is 0 Å². The predicted octanol–water partition coefficient (Wildman–Crippen LogP) is 2.47. The van der Waals surface area contributed by atoms with Crippen LogP contribution in [-0.2, 0) is 0 Å². The fourth-order valence-electron chi connectivity index (χ4n) is 2.96. The number of hydrogen-bond acceptors (Lipinski definition) is 4. The van der Waals surface area contributed by atoms with Gasteiger partial charge >= 0.3 is 0 Å². The molecule has 1 amide bonds. The van der Waals surface area contributed by atoms with Gasteiger partial charge in [-0.1, -0.05) is 18.2 Å². The Labute approximate surface area is 144 Å². The summed E-state index contributed by atoms with van der Waals surface area (Å²) in [5, 5.41) is 4.81. The van der Waals surface area contributed by atoms with Gasteiger partial charge in [0.05, 0.1) is 11.2 Å². The van der Waals surface area contributed by atoms with Gasteiger partial charge in [0.25, 0.3) is 5.91 Å². The number of nitrogens with two attached hydrogens (primary N) is 1. The Morgan fingerprint density at radius 3 is 2.72 bits per heavy atom. The van der Waals surface area contributed by atoms with Crippen molar-refractivity contribution in [3.05, 3.63) is 60.6 Å². The van der Waals surface area contributed by atoms with Gasteiger partial charge in [0.15, 0.2) is 0 Å². The maximum absolute atomic E-state index is 12.4. The van der Waals surface area contributed by atoms with Crippen LogP contribution in [0.25, 0.3) is 33.1 Å². The number of nitrogens with zero attached hydrogens (tertiary/aromatic N) is 2. The zero-order chi connectivity index (χ0) is 17.2. The molecule has 4 N–H and O–H groups in total. The van der Waals surface area contributed by atoms with Crippen molar-refractivity contribution in [2.45, 2.75) is 0 Å². The molecule has 3 heterocycles. The van der Waals surface area contributed by atoms with Crippen LogP contribution < -0.4 is 11.1 Å². The molecule has 0 fully saturated rings. The molecule has 4 aromatic rings. The first-order valence-electron chi connectivity index (χ1n) is 8.08. The summed E-state index contributed by atoms with van der Waals surface area (Å²) in [5.41, 5.74) is 9.40. The normalized spacial score (nSPS) is 11.1. The third-order valence-corrected chi connectivity index (χ3v) is 4.11. The molecule has 0 bridgehead atoms. The maximum Gasteiger partial charge on any atom is 0.269 e. The highest BCUT2D eigenvalue weighted by Crippen LogP contribution is 2.32. The standard InChI is InChI=1S/C19H17N5O/c20-7-10-22-19(25)16-11-14-13-3-1-2-4-15(13)23-18(14)17(24-16)12-5-8-21-9-6-12/h1-6,8-9,11,23H,7,10,20H2,(H,22,25). The molecule has 25 heavy (non-hydrogen) atoms. The van der Waals surface area contributed by atoms with E-state index in [-0.39, 0.29) is 5.91 Å². The van der Waals surface area contributed by atoms with E-state index in [0.29, 0.717) is 18.8 Å². The van der Waals surface area contributed by atoms with Crippen molar-refractivity contribution in [2.24, 2.45) is 5.73 Å².